The maximum atomic E-state index is 11.8. The Morgan fingerprint density at radius 2 is 1.81 bits per heavy atom. The number of piperazine rings is 1. The first kappa shape index (κ1) is 17.5. The van der Waals surface area contributed by atoms with Gasteiger partial charge in [-0.2, -0.15) is 0 Å². The van der Waals surface area contributed by atoms with Gasteiger partial charge < -0.3 is 9.42 Å². The quantitative estimate of drug-likeness (QED) is 0.870. The summed E-state index contributed by atoms with van der Waals surface area (Å²) in [6.07, 6.45) is 4.46. The number of hydrogen-bond acceptors (Lipinski definition) is 6. The lowest BCUT2D eigenvalue weighted by atomic mass is 9.96. The minimum Gasteiger partial charge on any atom is -0.368 e. The molecule has 2 heterocycles. The second kappa shape index (κ2) is 7.02. The van der Waals surface area contributed by atoms with Gasteiger partial charge in [-0.1, -0.05) is 17.3 Å². The van der Waals surface area contributed by atoms with Crippen molar-refractivity contribution in [2.24, 2.45) is 5.14 Å². The molecule has 0 amide bonds. The summed E-state index contributed by atoms with van der Waals surface area (Å²) in [6, 6.07) is 6.94. The van der Waals surface area contributed by atoms with Gasteiger partial charge in [0.25, 0.3) is 0 Å². The normalized spacial score (nSPS) is 18.7. The van der Waals surface area contributed by atoms with Crippen LogP contribution in [0.5, 0.6) is 0 Å². The lowest BCUT2D eigenvalue weighted by Gasteiger charge is -2.36. The zero-order valence-corrected chi connectivity index (χ0v) is 15.5. The smallest absolute Gasteiger partial charge is 0.240 e. The highest BCUT2D eigenvalue weighted by Gasteiger charge is 2.25. The van der Waals surface area contributed by atoms with E-state index >= 15 is 0 Å². The lowest BCUT2D eigenvalue weighted by Crippen LogP contribution is -2.46. The van der Waals surface area contributed by atoms with E-state index < -0.39 is 10.0 Å². The van der Waals surface area contributed by atoms with Crippen molar-refractivity contribution in [1.29, 1.82) is 0 Å². The van der Waals surface area contributed by atoms with Crippen molar-refractivity contribution in [3.8, 4) is 0 Å². The lowest BCUT2D eigenvalue weighted by molar-refractivity contribution is 0.241. The fourth-order valence-electron chi connectivity index (χ4n) is 3.89. The molecule has 0 radical (unpaired) electrons. The van der Waals surface area contributed by atoms with Crippen LogP contribution >= 0.6 is 0 Å². The fraction of sp³-hybridized carbons (Fsp3) is 0.500. The first-order valence-corrected chi connectivity index (χ1v) is 10.6. The number of anilines is 1. The third kappa shape index (κ3) is 3.49. The molecule has 1 aliphatic carbocycles. The summed E-state index contributed by atoms with van der Waals surface area (Å²) in [5.41, 5.74) is 3.06. The Labute approximate surface area is 153 Å². The van der Waals surface area contributed by atoms with E-state index in [4.69, 9.17) is 9.66 Å². The first-order valence-electron chi connectivity index (χ1n) is 9.08. The standard InChI is InChI=1S/C18H24N4O3S/c19-26(23,24)18-8-4-2-6-16(18)22-11-9-21(10-12-22)13-15-14-5-1-3-7-17(14)25-20-15/h2,4,6,8H,1,3,5,7,9-13H2,(H2,19,23,24). The molecule has 1 fully saturated rings. The zero-order chi connectivity index (χ0) is 18.1. The van der Waals surface area contributed by atoms with Crippen LogP contribution < -0.4 is 10.0 Å². The molecule has 0 saturated carbocycles. The third-order valence-corrected chi connectivity index (χ3v) is 6.25. The fourth-order valence-corrected chi connectivity index (χ4v) is 4.65. The van der Waals surface area contributed by atoms with Crippen molar-refractivity contribution in [3.05, 3.63) is 41.3 Å². The van der Waals surface area contributed by atoms with Crippen molar-refractivity contribution in [3.63, 3.8) is 0 Å². The van der Waals surface area contributed by atoms with Gasteiger partial charge in [0.05, 0.1) is 5.69 Å². The average Bonchev–Trinajstić information content (AvgIpc) is 3.05. The summed E-state index contributed by atoms with van der Waals surface area (Å²) < 4.78 is 29.2. The number of aromatic nitrogens is 1. The number of hydrogen-bond donors (Lipinski definition) is 1. The number of primary sulfonamides is 1. The third-order valence-electron chi connectivity index (χ3n) is 5.29. The Hall–Kier alpha value is -1.90. The van der Waals surface area contributed by atoms with Gasteiger partial charge in [-0.15, -0.1) is 0 Å². The Balaban J connectivity index is 1.43. The molecule has 0 unspecified atom stereocenters. The van der Waals surface area contributed by atoms with E-state index in [1.165, 1.54) is 18.4 Å². The van der Waals surface area contributed by atoms with Gasteiger partial charge in [0, 0.05) is 44.7 Å². The van der Waals surface area contributed by atoms with Gasteiger partial charge in [-0.3, -0.25) is 4.90 Å². The van der Waals surface area contributed by atoms with Crippen LogP contribution in [0.4, 0.5) is 5.69 Å². The number of aryl methyl sites for hydroxylation is 1. The van der Waals surface area contributed by atoms with Gasteiger partial charge in [0.1, 0.15) is 16.3 Å². The summed E-state index contributed by atoms with van der Waals surface area (Å²) in [5, 5.41) is 9.65. The average molecular weight is 376 g/mol. The van der Waals surface area contributed by atoms with Crippen molar-refractivity contribution in [2.75, 3.05) is 31.1 Å². The first-order chi connectivity index (χ1) is 12.5. The van der Waals surface area contributed by atoms with Gasteiger partial charge >= 0.3 is 0 Å². The molecule has 1 aromatic heterocycles. The summed E-state index contributed by atoms with van der Waals surface area (Å²) in [4.78, 5) is 4.64. The van der Waals surface area contributed by atoms with E-state index in [0.29, 0.717) is 5.69 Å². The van der Waals surface area contributed by atoms with Crippen molar-refractivity contribution >= 4 is 15.7 Å². The van der Waals surface area contributed by atoms with E-state index in [2.05, 4.69) is 15.0 Å². The summed E-state index contributed by atoms with van der Waals surface area (Å²) in [5.74, 6) is 1.06. The maximum Gasteiger partial charge on any atom is 0.240 e. The topological polar surface area (TPSA) is 92.7 Å². The highest BCUT2D eigenvalue weighted by Crippen LogP contribution is 2.27. The van der Waals surface area contributed by atoms with Crippen LogP contribution in [0, 0.1) is 0 Å². The largest absolute Gasteiger partial charge is 0.368 e. The number of fused-ring (bicyclic) bond motifs is 1. The monoisotopic (exact) mass is 376 g/mol. The number of para-hydroxylation sites is 1. The zero-order valence-electron chi connectivity index (χ0n) is 14.7. The highest BCUT2D eigenvalue weighted by atomic mass is 32.2. The molecule has 2 N–H and O–H groups in total. The maximum absolute atomic E-state index is 11.8. The molecule has 8 heteroatoms. The van der Waals surface area contributed by atoms with Crippen LogP contribution in [-0.4, -0.2) is 44.7 Å². The molecule has 0 spiro atoms. The Morgan fingerprint density at radius 1 is 1.08 bits per heavy atom. The second-order valence-corrected chi connectivity index (χ2v) is 8.54. The van der Waals surface area contributed by atoms with E-state index in [1.54, 1.807) is 12.1 Å². The van der Waals surface area contributed by atoms with Crippen LogP contribution in [-0.2, 0) is 29.4 Å². The van der Waals surface area contributed by atoms with Crippen LogP contribution in [0.1, 0.15) is 29.9 Å². The number of benzene rings is 1. The molecule has 2 aliphatic rings. The molecule has 1 aliphatic heterocycles. The number of rotatable bonds is 4. The van der Waals surface area contributed by atoms with Gasteiger partial charge in [-0.05, 0) is 31.4 Å². The number of nitrogens with zero attached hydrogens (tertiary/aromatic N) is 3. The second-order valence-electron chi connectivity index (χ2n) is 7.01. The van der Waals surface area contributed by atoms with Gasteiger partial charge in [0.2, 0.25) is 10.0 Å². The Kier molecular flexibility index (Phi) is 4.73. The predicted octanol–water partition coefficient (Wildman–Crippen LogP) is 1.52. The SMILES string of the molecule is NS(=O)(=O)c1ccccc1N1CCN(Cc2noc3c2CCCC3)CC1. The molecular formula is C18H24N4O3S. The van der Waals surface area contributed by atoms with Crippen LogP contribution in [0.2, 0.25) is 0 Å². The van der Waals surface area contributed by atoms with E-state index in [1.807, 2.05) is 12.1 Å². The molecule has 4 rings (SSSR count). The van der Waals surface area contributed by atoms with Crippen LogP contribution in [0.3, 0.4) is 0 Å². The van der Waals surface area contributed by atoms with Crippen molar-refractivity contribution in [1.82, 2.24) is 10.1 Å². The molecule has 26 heavy (non-hydrogen) atoms. The highest BCUT2D eigenvalue weighted by molar-refractivity contribution is 7.89. The van der Waals surface area contributed by atoms with Crippen LogP contribution in [0.25, 0.3) is 0 Å². The molecule has 1 saturated heterocycles. The van der Waals surface area contributed by atoms with Gasteiger partial charge in [-0.25, -0.2) is 13.6 Å². The number of sulfonamides is 1. The van der Waals surface area contributed by atoms with Crippen LogP contribution in [0.15, 0.2) is 33.7 Å². The molecule has 7 nitrogen and oxygen atoms in total. The van der Waals surface area contributed by atoms with Gasteiger partial charge in [0.15, 0.2) is 0 Å². The minimum atomic E-state index is -3.73. The summed E-state index contributed by atoms with van der Waals surface area (Å²) in [6.45, 7) is 4.00. The Bertz CT molecular complexity index is 886. The summed E-state index contributed by atoms with van der Waals surface area (Å²) in [7, 11) is -3.73. The predicted molar refractivity (Wildman–Crippen MR) is 98.5 cm³/mol. The molecule has 0 atom stereocenters. The Morgan fingerprint density at radius 3 is 2.58 bits per heavy atom. The van der Waals surface area contributed by atoms with E-state index in [-0.39, 0.29) is 4.90 Å². The van der Waals surface area contributed by atoms with Crippen molar-refractivity contribution < 1.29 is 12.9 Å². The molecule has 1 aromatic carbocycles. The molecular weight excluding hydrogens is 352 g/mol. The molecule has 0 bridgehead atoms. The van der Waals surface area contributed by atoms with E-state index in [9.17, 15) is 8.42 Å². The minimum absolute atomic E-state index is 0.194. The number of nitrogens with two attached hydrogens (primary N) is 1. The van der Waals surface area contributed by atoms with Crippen molar-refractivity contribution in [2.45, 2.75) is 37.1 Å². The molecule has 140 valence electrons. The molecule has 2 aromatic rings. The van der Waals surface area contributed by atoms with E-state index in [0.717, 1.165) is 57.0 Å². The summed E-state index contributed by atoms with van der Waals surface area (Å²) >= 11 is 0.